The van der Waals surface area contributed by atoms with Gasteiger partial charge >= 0.3 is 0 Å². The molecule has 1 aliphatic carbocycles. The highest BCUT2D eigenvalue weighted by Crippen LogP contribution is 2.56. The summed E-state index contributed by atoms with van der Waals surface area (Å²) in [5.74, 6) is 0. The topological polar surface area (TPSA) is 0 Å². The molecule has 0 nitrogen and oxygen atoms in total. The molecule has 0 aromatic rings. The number of allylic oxidation sites excluding steroid dienone is 4. The predicted octanol–water partition coefficient (Wildman–Crippen LogP) is 4.99. The molecule has 0 saturated heterocycles. The lowest BCUT2D eigenvalue weighted by Crippen LogP contribution is -2.31. The maximum Gasteiger partial charge on any atom is 0.0857 e. The van der Waals surface area contributed by atoms with Crippen molar-refractivity contribution in [2.45, 2.75) is 46.3 Å². The monoisotopic (exact) mass is 240 g/mol. The first-order valence-corrected chi connectivity index (χ1v) is 11.9. The normalized spacial score (nSPS) is 19.8. The summed E-state index contributed by atoms with van der Waals surface area (Å²) in [6, 6.07) is 0. The van der Waals surface area contributed by atoms with Gasteiger partial charge in [-0.2, -0.15) is 0 Å². The van der Waals surface area contributed by atoms with Gasteiger partial charge in [0, 0.05) is 5.54 Å². The summed E-state index contributed by atoms with van der Waals surface area (Å²) in [6.45, 7) is 19.4. The van der Waals surface area contributed by atoms with Crippen molar-refractivity contribution in [1.29, 1.82) is 0 Å². The Kier molecular flexibility index (Phi) is 3.68. The van der Waals surface area contributed by atoms with E-state index in [2.05, 4.69) is 54.1 Å². The molecule has 0 unspecified atom stereocenters. The third-order valence-corrected chi connectivity index (χ3v) is 16.7. The maximum atomic E-state index is 2.57. The van der Waals surface area contributed by atoms with Gasteiger partial charge in [0.15, 0.2) is 0 Å². The van der Waals surface area contributed by atoms with Crippen molar-refractivity contribution in [3.05, 3.63) is 22.3 Å². The summed E-state index contributed by atoms with van der Waals surface area (Å²) in [5, 5.41) is 0. The predicted molar refractivity (Wildman–Crippen MR) is 76.7 cm³/mol. The lowest BCUT2D eigenvalue weighted by atomic mass is 10.1. The van der Waals surface area contributed by atoms with E-state index in [-0.39, 0.29) is 7.47 Å². The molecule has 0 N–H and O–H groups in total. The van der Waals surface area contributed by atoms with E-state index in [0.717, 1.165) is 5.54 Å². The van der Waals surface area contributed by atoms with E-state index in [1.807, 2.05) is 0 Å². The van der Waals surface area contributed by atoms with Gasteiger partial charge in [-0.25, -0.2) is 0 Å². The fourth-order valence-electron chi connectivity index (χ4n) is 2.67. The van der Waals surface area contributed by atoms with E-state index in [4.69, 9.17) is 0 Å². The van der Waals surface area contributed by atoms with Crippen LogP contribution in [0, 0.1) is 0 Å². The van der Waals surface area contributed by atoms with Crippen molar-refractivity contribution >= 4 is 15.2 Å². The highest BCUT2D eigenvalue weighted by atomic mass is 31.4. The van der Waals surface area contributed by atoms with Gasteiger partial charge in [-0.15, -0.1) is 7.47 Å². The van der Waals surface area contributed by atoms with Crippen molar-refractivity contribution in [1.82, 2.24) is 0 Å². The van der Waals surface area contributed by atoms with Gasteiger partial charge in [-0.05, 0) is 52.2 Å². The molecule has 0 radical (unpaired) electrons. The van der Waals surface area contributed by atoms with Crippen LogP contribution in [0.25, 0.3) is 0 Å². The Bertz CT molecular complexity index is 310. The fourth-order valence-corrected chi connectivity index (χ4v) is 8.45. The van der Waals surface area contributed by atoms with Crippen LogP contribution in [0.1, 0.15) is 27.7 Å². The molecular weight excluding hydrogens is 215 g/mol. The zero-order chi connectivity index (χ0) is 12.0. The molecule has 1 aliphatic rings. The third kappa shape index (κ3) is 2.01. The second-order valence-electron chi connectivity index (χ2n) is 5.60. The van der Waals surface area contributed by atoms with Crippen molar-refractivity contribution in [2.75, 3.05) is 13.3 Å². The van der Waals surface area contributed by atoms with Gasteiger partial charge in [0.2, 0.25) is 0 Å². The van der Waals surface area contributed by atoms with Crippen molar-refractivity contribution in [3.8, 4) is 0 Å². The van der Waals surface area contributed by atoms with Crippen LogP contribution in [0.3, 0.4) is 0 Å². The van der Waals surface area contributed by atoms with Crippen LogP contribution in [-0.2, 0) is 0 Å². The molecule has 0 heterocycles. The zero-order valence-electron chi connectivity index (χ0n) is 11.5. The first-order chi connectivity index (χ1) is 6.71. The van der Waals surface area contributed by atoms with Crippen LogP contribution in [0.4, 0.5) is 0 Å². The molecule has 0 aliphatic heterocycles. The molecule has 15 heavy (non-hydrogen) atoms. The first kappa shape index (κ1) is 13.2. The summed E-state index contributed by atoms with van der Waals surface area (Å²) in [5.41, 5.74) is 7.28. The highest BCUT2D eigenvalue weighted by Gasteiger charge is 2.40. The van der Waals surface area contributed by atoms with Crippen LogP contribution in [0.15, 0.2) is 22.3 Å². The van der Waals surface area contributed by atoms with Gasteiger partial charge < -0.3 is 0 Å². The zero-order valence-corrected chi connectivity index (χ0v) is 13.4. The molecule has 0 aromatic carbocycles. The summed E-state index contributed by atoms with van der Waals surface area (Å²) in [4.78, 5) is 0. The van der Waals surface area contributed by atoms with Gasteiger partial charge in [-0.1, -0.05) is 24.2 Å². The molecule has 0 amide bonds. The molecule has 0 spiro atoms. The third-order valence-electron chi connectivity index (χ3n) is 4.47. The maximum absolute atomic E-state index is 2.57. The Balaban J connectivity index is 3.20. The Hall–Kier alpha value is 0.127. The molecule has 0 atom stereocenters. The number of hydrogen-bond donors (Lipinski definition) is 0. The Morgan fingerprint density at radius 1 is 0.867 bits per heavy atom. The Morgan fingerprint density at radius 3 is 1.47 bits per heavy atom. The van der Waals surface area contributed by atoms with E-state index in [1.54, 1.807) is 22.3 Å². The van der Waals surface area contributed by atoms with Gasteiger partial charge in [0.05, 0.1) is 7.74 Å². The largest absolute Gasteiger partial charge is 0.124 e. The summed E-state index contributed by atoms with van der Waals surface area (Å²) in [7, 11) is -0.884. The van der Waals surface area contributed by atoms with Gasteiger partial charge in [0.25, 0.3) is 0 Å². The lowest BCUT2D eigenvalue weighted by Gasteiger charge is -2.36. The second kappa shape index (κ2) is 4.18. The molecule has 0 fully saturated rings. The van der Waals surface area contributed by atoms with Crippen LogP contribution in [0.5, 0.6) is 0 Å². The van der Waals surface area contributed by atoms with E-state index >= 15 is 0 Å². The van der Waals surface area contributed by atoms with Crippen LogP contribution in [-0.4, -0.2) is 21.1 Å². The molecule has 1 rings (SSSR count). The smallest absolute Gasteiger partial charge is 0.0857 e. The average molecular weight is 240 g/mol. The van der Waals surface area contributed by atoms with Crippen molar-refractivity contribution in [3.63, 3.8) is 0 Å². The minimum Gasteiger partial charge on any atom is -0.124 e. The van der Waals surface area contributed by atoms with E-state index in [1.165, 1.54) is 0 Å². The van der Waals surface area contributed by atoms with Crippen molar-refractivity contribution < 1.29 is 0 Å². The van der Waals surface area contributed by atoms with E-state index in [9.17, 15) is 0 Å². The summed E-state index contributed by atoms with van der Waals surface area (Å²) >= 11 is 0. The summed E-state index contributed by atoms with van der Waals surface area (Å²) < 4.78 is 0. The Labute approximate surface area is 97.5 Å². The molecule has 0 aromatic heterocycles. The standard InChI is InChI=1S/C13H25PSi/c1-9-10(2)12(4)13(11(9)3)15(7,8)14(5)6/h13H,1-8H3. The van der Waals surface area contributed by atoms with Crippen LogP contribution >= 0.6 is 7.47 Å². The highest BCUT2D eigenvalue weighted by molar-refractivity contribution is 7.94. The van der Waals surface area contributed by atoms with Crippen LogP contribution < -0.4 is 0 Å². The van der Waals surface area contributed by atoms with Crippen LogP contribution in [0.2, 0.25) is 18.6 Å². The van der Waals surface area contributed by atoms with E-state index < -0.39 is 7.74 Å². The lowest BCUT2D eigenvalue weighted by molar-refractivity contribution is 1.09. The fraction of sp³-hybridized carbons (Fsp3) is 0.692. The Morgan fingerprint density at radius 2 is 1.20 bits per heavy atom. The quantitative estimate of drug-likeness (QED) is 0.471. The minimum atomic E-state index is -1.11. The molecular formula is C13H25PSi. The minimum absolute atomic E-state index is 0.224. The first-order valence-electron chi connectivity index (χ1n) is 5.73. The summed E-state index contributed by atoms with van der Waals surface area (Å²) in [6.07, 6.45) is 0. The number of hydrogen-bond acceptors (Lipinski definition) is 0. The van der Waals surface area contributed by atoms with Crippen molar-refractivity contribution in [2.24, 2.45) is 0 Å². The SMILES string of the molecule is CC1=C(C)C([Si](C)(C)P(C)C)C(C)=C1C. The average Bonchev–Trinajstić information content (AvgIpc) is 2.31. The molecule has 86 valence electrons. The van der Waals surface area contributed by atoms with E-state index in [0.29, 0.717) is 0 Å². The molecule has 0 saturated carbocycles. The van der Waals surface area contributed by atoms with Gasteiger partial charge in [-0.3, -0.25) is 0 Å². The second-order valence-corrected chi connectivity index (χ2v) is 17.4. The molecule has 0 bridgehead atoms. The van der Waals surface area contributed by atoms with Gasteiger partial charge in [0.1, 0.15) is 0 Å². The number of rotatable bonds is 2. The molecule has 2 heteroatoms.